The average molecular weight is 751 g/mol. The van der Waals surface area contributed by atoms with Crippen LogP contribution in [0, 0.1) is 0 Å². The molecule has 3 aromatic heterocycles. The van der Waals surface area contributed by atoms with Gasteiger partial charge in [0.25, 0.3) is 0 Å². The molecule has 2 aliphatic rings. The highest BCUT2D eigenvalue weighted by molar-refractivity contribution is 6.19. The summed E-state index contributed by atoms with van der Waals surface area (Å²) in [6, 6.07) is 63.3. The van der Waals surface area contributed by atoms with Gasteiger partial charge in [-0.2, -0.15) is 0 Å². The largest absolute Gasteiger partial charge is 0.264 e. The van der Waals surface area contributed by atoms with E-state index in [-0.39, 0.29) is 0 Å². The summed E-state index contributed by atoms with van der Waals surface area (Å²) < 4.78 is 0. The maximum absolute atomic E-state index is 5.32. The van der Waals surface area contributed by atoms with Gasteiger partial charge in [-0.1, -0.05) is 152 Å². The molecule has 0 amide bonds. The third kappa shape index (κ3) is 5.03. The van der Waals surface area contributed by atoms with Gasteiger partial charge < -0.3 is 0 Å². The van der Waals surface area contributed by atoms with Crippen molar-refractivity contribution in [3.63, 3.8) is 0 Å². The quantitative estimate of drug-likeness (QED) is 0.168. The monoisotopic (exact) mass is 750 g/mol. The Morgan fingerprint density at radius 3 is 1.80 bits per heavy atom. The normalized spacial score (nSPS) is 14.8. The molecular weight excluding hydrogens is 717 g/mol. The summed E-state index contributed by atoms with van der Waals surface area (Å²) in [7, 11) is 0. The van der Waals surface area contributed by atoms with Crippen molar-refractivity contribution in [2.45, 2.75) is 5.41 Å². The van der Waals surface area contributed by atoms with E-state index >= 15 is 0 Å². The first-order chi connectivity index (χ1) is 29.3. The first-order valence-electron chi connectivity index (χ1n) is 20.0. The van der Waals surface area contributed by atoms with Crippen LogP contribution in [0.4, 0.5) is 0 Å². The van der Waals surface area contributed by atoms with Crippen molar-refractivity contribution in [3.05, 3.63) is 228 Å². The van der Waals surface area contributed by atoms with Crippen LogP contribution in [0.3, 0.4) is 0 Å². The predicted molar refractivity (Wildman–Crippen MR) is 241 cm³/mol. The lowest BCUT2D eigenvalue weighted by atomic mass is 9.64. The Kier molecular flexibility index (Phi) is 7.41. The Bertz CT molecular complexity index is 3320. The molecule has 1 spiro atoms. The zero-order valence-corrected chi connectivity index (χ0v) is 31.9. The minimum Gasteiger partial charge on any atom is -0.264 e. The second kappa shape index (κ2) is 13.1. The molecule has 0 bridgehead atoms. The summed E-state index contributed by atoms with van der Waals surface area (Å²) in [4.78, 5) is 19.6. The minimum absolute atomic E-state index is 0.634. The summed E-state index contributed by atoms with van der Waals surface area (Å²) in [5.74, 6) is 0.665. The zero-order valence-electron chi connectivity index (χ0n) is 31.9. The highest BCUT2D eigenvalue weighted by atomic mass is 14.9. The van der Waals surface area contributed by atoms with Crippen molar-refractivity contribution < 1.29 is 0 Å². The zero-order chi connectivity index (χ0) is 38.9. The topological polar surface area (TPSA) is 51.6 Å². The molecule has 4 heteroatoms. The number of hydrogen-bond acceptors (Lipinski definition) is 4. The molecule has 0 fully saturated rings. The Labute approximate surface area is 341 Å². The van der Waals surface area contributed by atoms with Crippen LogP contribution in [0.2, 0.25) is 0 Å². The van der Waals surface area contributed by atoms with E-state index in [9.17, 15) is 0 Å². The lowest BCUT2D eigenvalue weighted by Gasteiger charge is -2.36. The van der Waals surface area contributed by atoms with Crippen molar-refractivity contribution in [2.75, 3.05) is 0 Å². The summed E-state index contributed by atoms with van der Waals surface area (Å²) in [6.45, 7) is 0. The molecule has 4 nitrogen and oxygen atoms in total. The van der Waals surface area contributed by atoms with Crippen LogP contribution in [0.15, 0.2) is 195 Å². The van der Waals surface area contributed by atoms with E-state index in [1.165, 1.54) is 66.1 Å². The number of fused-ring (bicyclic) bond motifs is 14. The number of pyridine rings is 2. The number of benzene rings is 7. The maximum atomic E-state index is 5.32. The van der Waals surface area contributed by atoms with E-state index in [1.54, 1.807) is 6.20 Å². The SMILES string of the molecule is C1=Cc2ccc(-c3cc(-c4ccc(-c5cccnc5)nc4)nc(-c4ccccc4)n3)cc2C2(c3ccccc31)c1ccccc1-c1c2c2ccccc2c2ccccc12. The molecule has 59 heavy (non-hydrogen) atoms. The smallest absolute Gasteiger partial charge is 0.160 e. The molecular formula is C55H34N4. The number of rotatable bonds is 4. The molecule has 274 valence electrons. The van der Waals surface area contributed by atoms with Gasteiger partial charge in [0.15, 0.2) is 5.82 Å². The van der Waals surface area contributed by atoms with Crippen molar-refractivity contribution in [2.24, 2.45) is 0 Å². The van der Waals surface area contributed by atoms with E-state index in [1.807, 2.05) is 48.8 Å². The summed E-state index contributed by atoms with van der Waals surface area (Å²) in [6.07, 6.45) is 10.1. The minimum atomic E-state index is -0.634. The highest BCUT2D eigenvalue weighted by Crippen LogP contribution is 2.62. The van der Waals surface area contributed by atoms with Crippen molar-refractivity contribution in [1.29, 1.82) is 0 Å². The molecule has 0 aliphatic heterocycles. The van der Waals surface area contributed by atoms with E-state index in [2.05, 4.69) is 157 Å². The number of aromatic nitrogens is 4. The Balaban J connectivity index is 1.14. The van der Waals surface area contributed by atoms with Gasteiger partial charge in [0.1, 0.15) is 0 Å². The van der Waals surface area contributed by atoms with Crippen molar-refractivity contribution in [1.82, 2.24) is 19.9 Å². The van der Waals surface area contributed by atoms with Gasteiger partial charge in [-0.15, -0.1) is 0 Å². The molecule has 3 heterocycles. The van der Waals surface area contributed by atoms with Crippen LogP contribution in [-0.2, 0) is 5.41 Å². The van der Waals surface area contributed by atoms with Crippen molar-refractivity contribution >= 4 is 33.7 Å². The van der Waals surface area contributed by atoms with Crippen LogP contribution < -0.4 is 0 Å². The maximum Gasteiger partial charge on any atom is 0.160 e. The first kappa shape index (κ1) is 33.3. The Morgan fingerprint density at radius 2 is 1.02 bits per heavy atom. The van der Waals surface area contributed by atoms with Crippen LogP contribution in [-0.4, -0.2) is 19.9 Å². The standard InChI is InChI=1S/C55H34N4/c1-2-14-37(15-3-1)54-58-50(32-51(59-54)40-28-29-49(57-34-40)39-16-12-30-56-33-39)38-27-26-36-25-24-35-13-4-10-22-46(35)55(48(36)31-38)47-23-11-9-21-45(47)52-43-19-7-5-17-41(43)42-18-6-8-20-44(42)53(52)55/h1-34H. The van der Waals surface area contributed by atoms with E-state index in [0.717, 1.165) is 39.3 Å². The van der Waals surface area contributed by atoms with Gasteiger partial charge in [-0.05, 0) is 102 Å². The van der Waals surface area contributed by atoms with E-state index < -0.39 is 5.41 Å². The van der Waals surface area contributed by atoms with Gasteiger partial charge >= 0.3 is 0 Å². The van der Waals surface area contributed by atoms with E-state index in [0.29, 0.717) is 5.82 Å². The molecule has 2 aliphatic carbocycles. The van der Waals surface area contributed by atoms with Gasteiger partial charge in [0, 0.05) is 40.8 Å². The molecule has 0 N–H and O–H groups in total. The molecule has 0 radical (unpaired) electrons. The summed E-state index contributed by atoms with van der Waals surface area (Å²) >= 11 is 0. The van der Waals surface area contributed by atoms with E-state index in [4.69, 9.17) is 15.0 Å². The third-order valence-electron chi connectivity index (χ3n) is 12.2. The lowest BCUT2D eigenvalue weighted by molar-refractivity contribution is 0.774. The lowest BCUT2D eigenvalue weighted by Crippen LogP contribution is -2.30. The summed E-state index contributed by atoms with van der Waals surface area (Å²) in [5.41, 5.74) is 15.8. The van der Waals surface area contributed by atoms with Crippen LogP contribution in [0.25, 0.3) is 90.0 Å². The fourth-order valence-corrected chi connectivity index (χ4v) is 9.72. The first-order valence-corrected chi connectivity index (χ1v) is 20.0. The van der Waals surface area contributed by atoms with Gasteiger partial charge in [-0.25, -0.2) is 9.97 Å². The van der Waals surface area contributed by atoms with Gasteiger partial charge in [-0.3, -0.25) is 9.97 Å². The summed E-state index contributed by atoms with van der Waals surface area (Å²) in [5, 5.41) is 5.07. The predicted octanol–water partition coefficient (Wildman–Crippen LogP) is 13.1. The molecule has 12 rings (SSSR count). The second-order valence-electron chi connectivity index (χ2n) is 15.4. The van der Waals surface area contributed by atoms with Crippen LogP contribution in [0.5, 0.6) is 0 Å². The highest BCUT2D eigenvalue weighted by Gasteiger charge is 2.50. The second-order valence-corrected chi connectivity index (χ2v) is 15.4. The molecule has 1 atom stereocenters. The van der Waals surface area contributed by atoms with Crippen LogP contribution in [0.1, 0.15) is 33.4 Å². The molecule has 0 saturated carbocycles. The molecule has 0 saturated heterocycles. The third-order valence-corrected chi connectivity index (χ3v) is 12.2. The number of nitrogens with zero attached hydrogens (tertiary/aromatic N) is 4. The Hall–Kier alpha value is -7.82. The fourth-order valence-electron chi connectivity index (χ4n) is 9.72. The molecule has 1 unspecified atom stereocenters. The van der Waals surface area contributed by atoms with Gasteiger partial charge in [0.05, 0.1) is 22.5 Å². The average Bonchev–Trinajstić information content (AvgIpc) is 3.55. The molecule has 10 aromatic rings. The molecule has 7 aromatic carbocycles. The van der Waals surface area contributed by atoms with Crippen molar-refractivity contribution in [3.8, 4) is 56.3 Å². The van der Waals surface area contributed by atoms with Gasteiger partial charge in [0.2, 0.25) is 0 Å². The van der Waals surface area contributed by atoms with Crippen LogP contribution >= 0.6 is 0 Å². The fraction of sp³-hybridized carbons (Fsp3) is 0.0182. The Morgan fingerprint density at radius 1 is 0.390 bits per heavy atom. The number of hydrogen-bond donors (Lipinski definition) is 0.